The number of likely N-dealkylation sites (tertiary alicyclic amines) is 1. The molecule has 218 valence electrons. The molecule has 1 N–H and O–H groups in total. The highest BCUT2D eigenvalue weighted by Gasteiger charge is 2.53. The Morgan fingerprint density at radius 1 is 1.02 bits per heavy atom. The second-order valence-corrected chi connectivity index (χ2v) is 9.79. The molecule has 2 aliphatic rings. The van der Waals surface area contributed by atoms with Crippen LogP contribution in [-0.2, 0) is 15.0 Å². The molecular weight excluding hydrogens is 548 g/mol. The molecule has 0 radical (unpaired) electrons. The third-order valence-electron chi connectivity index (χ3n) is 7.64. The van der Waals surface area contributed by atoms with E-state index in [-0.39, 0.29) is 23.9 Å². The van der Waals surface area contributed by atoms with Gasteiger partial charge in [-0.15, -0.1) is 5.06 Å². The van der Waals surface area contributed by atoms with E-state index < -0.39 is 52.8 Å². The molecule has 2 aromatic rings. The number of nitrogens with zero attached hydrogens (tertiary/aromatic N) is 2. The SMILES string of the molecule is COc1ccc([C@]23CC[C@H](N(OC(=O)C(F)(F)F)C(=O)Nc4cc(F)c(F)c(F)c4)C[C@H]2N(C)CC3)cc1OC. The molecule has 1 saturated carbocycles. The quantitative estimate of drug-likeness (QED) is 0.301. The van der Waals surface area contributed by atoms with Crippen LogP contribution in [-0.4, -0.2) is 68.0 Å². The van der Waals surface area contributed by atoms with Gasteiger partial charge in [-0.25, -0.2) is 22.8 Å². The van der Waals surface area contributed by atoms with Gasteiger partial charge in [0.15, 0.2) is 29.0 Å². The van der Waals surface area contributed by atoms with Gasteiger partial charge in [-0.1, -0.05) is 6.07 Å². The molecule has 1 heterocycles. The molecular formula is C26H27F6N3O5. The first-order chi connectivity index (χ1) is 18.8. The molecule has 0 spiro atoms. The highest BCUT2D eigenvalue weighted by Crippen LogP contribution is 2.50. The second-order valence-electron chi connectivity index (χ2n) is 9.79. The number of alkyl halides is 3. The summed E-state index contributed by atoms with van der Waals surface area (Å²) in [5.74, 6) is -6.66. The van der Waals surface area contributed by atoms with Crippen LogP contribution in [0.4, 0.5) is 36.8 Å². The number of benzene rings is 2. The summed E-state index contributed by atoms with van der Waals surface area (Å²) in [6.45, 7) is 0.647. The van der Waals surface area contributed by atoms with Crippen molar-refractivity contribution >= 4 is 17.7 Å². The number of amides is 2. The van der Waals surface area contributed by atoms with Crippen LogP contribution in [0.1, 0.15) is 31.2 Å². The van der Waals surface area contributed by atoms with Gasteiger partial charge in [-0.05, 0) is 57.0 Å². The predicted molar refractivity (Wildman–Crippen MR) is 129 cm³/mol. The summed E-state index contributed by atoms with van der Waals surface area (Å²) in [5, 5.41) is 2.25. The number of rotatable bonds is 5. The molecule has 4 rings (SSSR count). The summed E-state index contributed by atoms with van der Waals surface area (Å²) in [6, 6.07) is 3.70. The molecule has 1 aliphatic carbocycles. The summed E-state index contributed by atoms with van der Waals surface area (Å²) in [4.78, 5) is 31.3. The fourth-order valence-corrected chi connectivity index (χ4v) is 5.69. The van der Waals surface area contributed by atoms with Crippen LogP contribution in [0.5, 0.6) is 11.5 Å². The van der Waals surface area contributed by atoms with Crippen LogP contribution >= 0.6 is 0 Å². The zero-order chi connectivity index (χ0) is 29.4. The number of anilines is 1. The largest absolute Gasteiger partial charge is 0.493 e. The maximum Gasteiger partial charge on any atom is 0.493 e. The number of hydroxylamine groups is 2. The normalized spacial score (nSPS) is 22.8. The van der Waals surface area contributed by atoms with Crippen molar-refractivity contribution in [2.45, 2.75) is 49.4 Å². The Morgan fingerprint density at radius 3 is 2.27 bits per heavy atom. The second kappa shape index (κ2) is 11.1. The topological polar surface area (TPSA) is 80.3 Å². The van der Waals surface area contributed by atoms with Gasteiger partial charge < -0.3 is 24.5 Å². The Bertz CT molecular complexity index is 1270. The van der Waals surface area contributed by atoms with Gasteiger partial charge in [0, 0.05) is 29.3 Å². The molecule has 40 heavy (non-hydrogen) atoms. The van der Waals surface area contributed by atoms with Crippen LogP contribution < -0.4 is 14.8 Å². The van der Waals surface area contributed by atoms with E-state index >= 15 is 0 Å². The van der Waals surface area contributed by atoms with Crippen molar-refractivity contribution in [3.63, 3.8) is 0 Å². The average molecular weight is 576 g/mol. The van der Waals surface area contributed by atoms with E-state index in [4.69, 9.17) is 9.47 Å². The third-order valence-corrected chi connectivity index (χ3v) is 7.64. The third kappa shape index (κ3) is 5.49. The van der Waals surface area contributed by atoms with Crippen LogP contribution in [0.2, 0.25) is 0 Å². The van der Waals surface area contributed by atoms with Gasteiger partial charge in [-0.3, -0.25) is 0 Å². The number of hydrogen-bond acceptors (Lipinski definition) is 6. The summed E-state index contributed by atoms with van der Waals surface area (Å²) < 4.78 is 90.8. The molecule has 2 fully saturated rings. The highest BCUT2D eigenvalue weighted by molar-refractivity contribution is 5.90. The molecule has 2 amide bonds. The fraction of sp³-hybridized carbons (Fsp3) is 0.462. The summed E-state index contributed by atoms with van der Waals surface area (Å²) in [5.41, 5.74) is -0.120. The lowest BCUT2D eigenvalue weighted by molar-refractivity contribution is -0.235. The lowest BCUT2D eigenvalue weighted by Gasteiger charge is -2.46. The highest BCUT2D eigenvalue weighted by atomic mass is 19.4. The average Bonchev–Trinajstić information content (AvgIpc) is 3.25. The summed E-state index contributed by atoms with van der Waals surface area (Å²) in [7, 11) is 4.84. The number of carbonyl (C=O) groups excluding carboxylic acids is 2. The molecule has 2 aromatic carbocycles. The minimum absolute atomic E-state index is 0.107. The Morgan fingerprint density at radius 2 is 1.68 bits per heavy atom. The van der Waals surface area contributed by atoms with Gasteiger partial charge in [0.25, 0.3) is 0 Å². The number of carbonyl (C=O) groups is 2. The number of halogens is 6. The minimum Gasteiger partial charge on any atom is -0.493 e. The van der Waals surface area contributed by atoms with E-state index in [2.05, 4.69) is 4.84 Å². The molecule has 14 heteroatoms. The Labute approximate surface area is 225 Å². The van der Waals surface area contributed by atoms with Gasteiger partial charge in [0.2, 0.25) is 0 Å². The van der Waals surface area contributed by atoms with E-state index in [1.807, 2.05) is 29.4 Å². The lowest BCUT2D eigenvalue weighted by atomic mass is 9.65. The van der Waals surface area contributed by atoms with Crippen LogP contribution in [0.15, 0.2) is 30.3 Å². The number of ether oxygens (including phenoxy) is 2. The number of nitrogens with one attached hydrogen (secondary N) is 1. The van der Waals surface area contributed by atoms with E-state index in [9.17, 15) is 35.9 Å². The number of methoxy groups -OCH3 is 2. The monoisotopic (exact) mass is 575 g/mol. The lowest BCUT2D eigenvalue weighted by Crippen LogP contribution is -2.54. The maximum atomic E-state index is 13.7. The van der Waals surface area contributed by atoms with Crippen molar-refractivity contribution in [2.24, 2.45) is 0 Å². The van der Waals surface area contributed by atoms with Crippen molar-refractivity contribution in [3.05, 3.63) is 53.3 Å². The van der Waals surface area contributed by atoms with Gasteiger partial charge >= 0.3 is 18.2 Å². The molecule has 8 nitrogen and oxygen atoms in total. The standard InChI is InChI=1S/C26H27F6N3O5/c1-34-9-8-25(14-4-5-19(38-2)20(10-14)39-3)7-6-16(13-21(25)34)35(40-23(36)26(30,31)32)24(37)33-15-11-17(27)22(29)18(28)12-15/h4-5,10-12,16,21H,6-9,13H2,1-3H3,(H,33,37)/t16-,21+,25+/m0/s1. The number of likely N-dealkylation sites (N-methyl/N-ethyl adjacent to an activating group) is 1. The Balaban J connectivity index is 1.64. The molecule has 1 saturated heterocycles. The molecule has 0 bridgehead atoms. The first-order valence-corrected chi connectivity index (χ1v) is 12.3. The van der Waals surface area contributed by atoms with Crippen molar-refractivity contribution in [3.8, 4) is 11.5 Å². The number of fused-ring (bicyclic) bond motifs is 1. The summed E-state index contributed by atoms with van der Waals surface area (Å²) in [6.07, 6.45) is -4.08. The zero-order valence-corrected chi connectivity index (χ0v) is 21.8. The smallest absolute Gasteiger partial charge is 0.493 e. The maximum absolute atomic E-state index is 13.7. The predicted octanol–water partition coefficient (Wildman–Crippen LogP) is 5.17. The molecule has 3 atom stereocenters. The van der Waals surface area contributed by atoms with Gasteiger partial charge in [-0.2, -0.15) is 13.2 Å². The van der Waals surface area contributed by atoms with Crippen molar-refractivity contribution < 1.29 is 50.2 Å². The molecule has 0 unspecified atom stereocenters. The Hall–Kier alpha value is -3.68. The van der Waals surface area contributed by atoms with Gasteiger partial charge in [0.1, 0.15) is 0 Å². The van der Waals surface area contributed by atoms with Crippen molar-refractivity contribution in [1.29, 1.82) is 0 Å². The first-order valence-electron chi connectivity index (χ1n) is 12.3. The van der Waals surface area contributed by atoms with E-state index in [0.29, 0.717) is 43.0 Å². The van der Waals surface area contributed by atoms with Crippen LogP contribution in [0.3, 0.4) is 0 Å². The zero-order valence-electron chi connectivity index (χ0n) is 21.8. The van der Waals surface area contributed by atoms with E-state index in [1.54, 1.807) is 6.07 Å². The number of hydrogen-bond donors (Lipinski definition) is 1. The van der Waals surface area contributed by atoms with Crippen LogP contribution in [0.25, 0.3) is 0 Å². The molecule has 0 aromatic heterocycles. The van der Waals surface area contributed by atoms with E-state index in [0.717, 1.165) is 5.56 Å². The Kier molecular flexibility index (Phi) is 8.11. The fourth-order valence-electron chi connectivity index (χ4n) is 5.69. The number of urea groups is 1. The molecule has 1 aliphatic heterocycles. The summed E-state index contributed by atoms with van der Waals surface area (Å²) >= 11 is 0. The van der Waals surface area contributed by atoms with Crippen molar-refractivity contribution in [1.82, 2.24) is 9.96 Å². The first kappa shape index (κ1) is 29.3. The van der Waals surface area contributed by atoms with E-state index in [1.165, 1.54) is 14.2 Å². The minimum atomic E-state index is -5.42. The van der Waals surface area contributed by atoms with Crippen LogP contribution in [0, 0.1) is 17.5 Å². The van der Waals surface area contributed by atoms with Gasteiger partial charge in [0.05, 0.1) is 20.3 Å². The van der Waals surface area contributed by atoms with Crippen molar-refractivity contribution in [2.75, 3.05) is 33.1 Å².